The third kappa shape index (κ3) is 4.34. The second-order valence-corrected chi connectivity index (χ2v) is 8.93. The molecule has 0 aliphatic carbocycles. The minimum absolute atomic E-state index is 0.147. The highest BCUT2D eigenvalue weighted by molar-refractivity contribution is 8.01. The molecule has 0 atom stereocenters. The molecule has 0 aliphatic heterocycles. The number of rotatable bonds is 6. The van der Waals surface area contributed by atoms with E-state index in [0.717, 1.165) is 31.9 Å². The van der Waals surface area contributed by atoms with E-state index in [0.29, 0.717) is 17.1 Å². The summed E-state index contributed by atoms with van der Waals surface area (Å²) in [7, 11) is 0. The lowest BCUT2D eigenvalue weighted by atomic mass is 10.2. The first-order chi connectivity index (χ1) is 12.9. The van der Waals surface area contributed by atoms with Crippen LogP contribution in [0.1, 0.15) is 27.3 Å². The van der Waals surface area contributed by atoms with Crippen LogP contribution in [0.2, 0.25) is 5.02 Å². The zero-order valence-electron chi connectivity index (χ0n) is 15.4. The van der Waals surface area contributed by atoms with Crippen molar-refractivity contribution in [3.63, 3.8) is 0 Å². The van der Waals surface area contributed by atoms with Gasteiger partial charge in [-0.05, 0) is 55.6 Å². The van der Waals surface area contributed by atoms with Gasteiger partial charge < -0.3 is 5.32 Å². The third-order valence-electron chi connectivity index (χ3n) is 4.08. The van der Waals surface area contributed by atoms with E-state index in [9.17, 15) is 4.79 Å². The smallest absolute Gasteiger partial charge is 0.260 e. The number of anilines is 1. The van der Waals surface area contributed by atoms with Crippen LogP contribution in [0.5, 0.6) is 0 Å². The molecule has 2 heterocycles. The van der Waals surface area contributed by atoms with Gasteiger partial charge in [0, 0.05) is 5.02 Å². The van der Waals surface area contributed by atoms with E-state index in [1.165, 1.54) is 35.1 Å². The van der Waals surface area contributed by atoms with Gasteiger partial charge in [-0.1, -0.05) is 23.7 Å². The Labute approximate surface area is 176 Å². The van der Waals surface area contributed by atoms with E-state index in [-0.39, 0.29) is 5.91 Å². The van der Waals surface area contributed by atoms with Crippen LogP contribution < -0.4 is 5.32 Å². The molecular formula is C18H19ClN4OS3. The second kappa shape index (κ2) is 8.68. The summed E-state index contributed by atoms with van der Waals surface area (Å²) >= 11 is 10.4. The van der Waals surface area contributed by atoms with Crippen LogP contribution in [0.15, 0.2) is 33.5 Å². The van der Waals surface area contributed by atoms with Crippen LogP contribution >= 0.6 is 46.7 Å². The van der Waals surface area contributed by atoms with Gasteiger partial charge >= 0.3 is 0 Å². The Bertz CT molecular complexity index is 962. The van der Waals surface area contributed by atoms with Crippen molar-refractivity contribution in [1.29, 1.82) is 0 Å². The minimum atomic E-state index is -0.147. The predicted molar refractivity (Wildman–Crippen MR) is 116 cm³/mol. The number of aryl methyl sites for hydroxylation is 1. The monoisotopic (exact) mass is 438 g/mol. The number of amides is 1. The van der Waals surface area contributed by atoms with Crippen molar-refractivity contribution in [2.45, 2.75) is 29.6 Å². The zero-order chi connectivity index (χ0) is 19.6. The Balaban J connectivity index is 1.87. The van der Waals surface area contributed by atoms with Gasteiger partial charge in [0.2, 0.25) is 0 Å². The van der Waals surface area contributed by atoms with Crippen molar-refractivity contribution in [2.75, 3.05) is 17.8 Å². The van der Waals surface area contributed by atoms with Gasteiger partial charge in [-0.2, -0.15) is 9.47 Å². The quantitative estimate of drug-likeness (QED) is 0.525. The van der Waals surface area contributed by atoms with E-state index in [1.807, 2.05) is 55.3 Å². The van der Waals surface area contributed by atoms with Crippen LogP contribution in [0.25, 0.3) is 0 Å². The molecule has 0 fully saturated rings. The Morgan fingerprint density at radius 1 is 1.30 bits per heavy atom. The summed E-state index contributed by atoms with van der Waals surface area (Å²) in [5, 5.41) is 9.08. The average molecular weight is 439 g/mol. The summed E-state index contributed by atoms with van der Waals surface area (Å²) in [4.78, 5) is 12.9. The standard InChI is InChI=1S/C18H19ClN4OS3/c1-10-15(20-16(24)14-17(25-3)22-27-18(14)26-4)11(2)23(21-10)9-12-6-5-7-13(19)8-12/h5-8H,9H2,1-4H3,(H,20,24). The summed E-state index contributed by atoms with van der Waals surface area (Å²) in [6, 6.07) is 7.69. The van der Waals surface area contributed by atoms with Crippen molar-refractivity contribution < 1.29 is 4.79 Å². The van der Waals surface area contributed by atoms with Crippen LogP contribution in [-0.2, 0) is 6.54 Å². The molecule has 27 heavy (non-hydrogen) atoms. The van der Waals surface area contributed by atoms with Crippen molar-refractivity contribution in [3.8, 4) is 0 Å². The molecule has 2 aromatic heterocycles. The van der Waals surface area contributed by atoms with Crippen molar-refractivity contribution in [2.24, 2.45) is 0 Å². The highest BCUT2D eigenvalue weighted by Crippen LogP contribution is 2.33. The molecule has 3 aromatic rings. The highest BCUT2D eigenvalue weighted by Gasteiger charge is 2.22. The minimum Gasteiger partial charge on any atom is -0.319 e. The number of halogens is 1. The predicted octanol–water partition coefficient (Wildman–Crippen LogP) is 5.35. The number of nitrogens with one attached hydrogen (secondary N) is 1. The molecular weight excluding hydrogens is 420 g/mol. The van der Waals surface area contributed by atoms with E-state index in [1.54, 1.807) is 0 Å². The average Bonchev–Trinajstić information content (AvgIpc) is 3.18. The number of carbonyl (C=O) groups excluding carboxylic acids is 1. The van der Waals surface area contributed by atoms with Gasteiger partial charge in [-0.3, -0.25) is 9.48 Å². The fourth-order valence-corrected chi connectivity index (χ4v) is 5.24. The van der Waals surface area contributed by atoms with E-state index in [4.69, 9.17) is 11.6 Å². The zero-order valence-corrected chi connectivity index (χ0v) is 18.6. The molecule has 1 N–H and O–H groups in total. The van der Waals surface area contributed by atoms with Crippen molar-refractivity contribution >= 4 is 58.3 Å². The van der Waals surface area contributed by atoms with Gasteiger partial charge in [0.05, 0.1) is 33.4 Å². The van der Waals surface area contributed by atoms with Gasteiger partial charge in [0.1, 0.15) is 5.03 Å². The summed E-state index contributed by atoms with van der Waals surface area (Å²) < 4.78 is 7.17. The molecule has 5 nitrogen and oxygen atoms in total. The van der Waals surface area contributed by atoms with Crippen LogP contribution in [-0.4, -0.2) is 32.6 Å². The molecule has 0 radical (unpaired) electrons. The maximum atomic E-state index is 12.9. The first kappa shape index (κ1) is 20.3. The van der Waals surface area contributed by atoms with E-state index in [2.05, 4.69) is 14.8 Å². The van der Waals surface area contributed by atoms with Crippen LogP contribution in [0.4, 0.5) is 5.69 Å². The molecule has 1 amide bonds. The lowest BCUT2D eigenvalue weighted by Gasteiger charge is -2.08. The number of benzene rings is 1. The van der Waals surface area contributed by atoms with Crippen LogP contribution in [0, 0.1) is 13.8 Å². The highest BCUT2D eigenvalue weighted by atomic mass is 35.5. The largest absolute Gasteiger partial charge is 0.319 e. The normalized spacial score (nSPS) is 11.0. The molecule has 142 valence electrons. The molecule has 0 bridgehead atoms. The topological polar surface area (TPSA) is 59.8 Å². The fraction of sp³-hybridized carbons (Fsp3) is 0.278. The molecule has 1 aromatic carbocycles. The molecule has 0 saturated heterocycles. The van der Waals surface area contributed by atoms with Crippen molar-refractivity contribution in [3.05, 3.63) is 51.8 Å². The number of carbonyl (C=O) groups is 1. The fourth-order valence-electron chi connectivity index (χ4n) is 2.75. The SMILES string of the molecule is CSc1nsc(SC)c1C(=O)Nc1c(C)nn(Cc2cccc(Cl)c2)c1C. The summed E-state index contributed by atoms with van der Waals surface area (Å²) in [5.41, 5.74) is 4.12. The molecule has 3 rings (SSSR count). The Morgan fingerprint density at radius 2 is 2.07 bits per heavy atom. The van der Waals surface area contributed by atoms with E-state index >= 15 is 0 Å². The molecule has 0 aliphatic rings. The van der Waals surface area contributed by atoms with Gasteiger partial charge in [-0.15, -0.1) is 23.5 Å². The first-order valence-electron chi connectivity index (χ1n) is 8.12. The summed E-state index contributed by atoms with van der Waals surface area (Å²) in [6.07, 6.45) is 3.88. The van der Waals surface area contributed by atoms with Crippen LogP contribution in [0.3, 0.4) is 0 Å². The van der Waals surface area contributed by atoms with Gasteiger partial charge in [0.15, 0.2) is 0 Å². The maximum absolute atomic E-state index is 12.9. The molecule has 0 spiro atoms. The molecule has 0 saturated carbocycles. The van der Waals surface area contributed by atoms with E-state index < -0.39 is 0 Å². The van der Waals surface area contributed by atoms with Gasteiger partial charge in [0.25, 0.3) is 5.91 Å². The third-order valence-corrected chi connectivity index (χ3v) is 7.05. The van der Waals surface area contributed by atoms with Gasteiger partial charge in [-0.25, -0.2) is 0 Å². The Hall–Kier alpha value is -1.48. The number of thioether (sulfide) groups is 2. The summed E-state index contributed by atoms with van der Waals surface area (Å²) in [5.74, 6) is -0.147. The Kier molecular flexibility index (Phi) is 6.52. The number of hydrogen-bond acceptors (Lipinski definition) is 6. The molecule has 9 heteroatoms. The number of aromatic nitrogens is 3. The second-order valence-electron chi connectivity index (χ2n) is 5.85. The lowest BCUT2D eigenvalue weighted by Crippen LogP contribution is -2.14. The Morgan fingerprint density at radius 3 is 2.74 bits per heavy atom. The lowest BCUT2D eigenvalue weighted by molar-refractivity contribution is 0.102. The number of nitrogens with zero attached hydrogens (tertiary/aromatic N) is 3. The van der Waals surface area contributed by atoms with Crippen molar-refractivity contribution in [1.82, 2.24) is 14.2 Å². The number of hydrogen-bond donors (Lipinski definition) is 1. The first-order valence-corrected chi connectivity index (χ1v) is 11.7. The summed E-state index contributed by atoms with van der Waals surface area (Å²) in [6.45, 7) is 4.44. The molecule has 0 unspecified atom stereocenters. The maximum Gasteiger partial charge on any atom is 0.260 e.